The molecule has 7 heteroatoms. The molecule has 1 aliphatic heterocycles. The van der Waals surface area contributed by atoms with Crippen LogP contribution in [0.2, 0.25) is 0 Å². The number of nitrogens with one attached hydrogen (secondary N) is 1. The van der Waals surface area contributed by atoms with E-state index in [2.05, 4.69) is 12.2 Å². The number of carbonyl (C=O) groups excluding carboxylic acids is 2. The lowest BCUT2D eigenvalue weighted by Crippen LogP contribution is -2.59. The van der Waals surface area contributed by atoms with Crippen molar-refractivity contribution in [3.63, 3.8) is 0 Å². The predicted molar refractivity (Wildman–Crippen MR) is 100 cm³/mol. The highest BCUT2D eigenvalue weighted by atomic mass is 16.6. The van der Waals surface area contributed by atoms with Crippen LogP contribution < -0.4 is 5.32 Å². The van der Waals surface area contributed by atoms with Gasteiger partial charge in [-0.2, -0.15) is 0 Å². The number of benzene rings is 1. The number of aliphatic hydroxyl groups is 1. The second kappa shape index (κ2) is 8.40. The van der Waals surface area contributed by atoms with Gasteiger partial charge in [0.2, 0.25) is 0 Å². The van der Waals surface area contributed by atoms with Crippen molar-refractivity contribution in [2.24, 2.45) is 0 Å². The van der Waals surface area contributed by atoms with Gasteiger partial charge < -0.3 is 25.0 Å². The van der Waals surface area contributed by atoms with E-state index >= 15 is 0 Å². The van der Waals surface area contributed by atoms with Crippen molar-refractivity contribution in [3.05, 3.63) is 29.8 Å². The van der Waals surface area contributed by atoms with Gasteiger partial charge in [0.1, 0.15) is 5.60 Å². The summed E-state index contributed by atoms with van der Waals surface area (Å²) < 4.78 is 5.37. The Hall–Kier alpha value is -2.28. The van der Waals surface area contributed by atoms with Gasteiger partial charge in [0.15, 0.2) is 0 Å². The predicted octanol–water partition coefficient (Wildman–Crippen LogP) is 2.69. The van der Waals surface area contributed by atoms with Gasteiger partial charge in [-0.1, -0.05) is 19.1 Å². The maximum Gasteiger partial charge on any atom is 0.410 e. The molecule has 0 saturated carbocycles. The number of carbonyl (C=O) groups is 2. The fraction of sp³-hybridized carbons (Fsp3) is 0.579. The Morgan fingerprint density at radius 1 is 1.31 bits per heavy atom. The van der Waals surface area contributed by atoms with Crippen LogP contribution in [0.5, 0.6) is 0 Å². The average molecular weight is 363 g/mol. The molecule has 0 radical (unpaired) electrons. The van der Waals surface area contributed by atoms with Crippen LogP contribution in [0.15, 0.2) is 24.3 Å². The number of nitrogens with zero attached hydrogens (tertiary/aromatic N) is 2. The van der Waals surface area contributed by atoms with Crippen molar-refractivity contribution in [2.45, 2.75) is 45.8 Å². The van der Waals surface area contributed by atoms with Crippen molar-refractivity contribution < 1.29 is 19.4 Å². The maximum atomic E-state index is 12.6. The van der Waals surface area contributed by atoms with E-state index in [1.165, 1.54) is 4.90 Å². The number of urea groups is 1. The number of ether oxygens (including phenoxy) is 1. The van der Waals surface area contributed by atoms with Gasteiger partial charge in [-0.05, 0) is 44.9 Å². The van der Waals surface area contributed by atoms with Crippen LogP contribution >= 0.6 is 0 Å². The minimum absolute atomic E-state index is 0.221. The first-order valence-electron chi connectivity index (χ1n) is 8.99. The SMILES string of the molecule is CCc1cccc(NC(=O)N2CCN(C(=O)OC(C)(C)C)CC2CO)c1. The number of amides is 3. The van der Waals surface area contributed by atoms with E-state index in [0.717, 1.165) is 17.7 Å². The van der Waals surface area contributed by atoms with Crippen molar-refractivity contribution in [1.29, 1.82) is 0 Å². The number of hydrogen-bond acceptors (Lipinski definition) is 4. The molecule has 1 heterocycles. The molecule has 144 valence electrons. The van der Waals surface area contributed by atoms with E-state index < -0.39 is 17.7 Å². The zero-order valence-corrected chi connectivity index (χ0v) is 16.0. The summed E-state index contributed by atoms with van der Waals surface area (Å²) in [5.41, 5.74) is 1.28. The summed E-state index contributed by atoms with van der Waals surface area (Å²) in [5.74, 6) is 0. The Bertz CT molecular complexity index is 642. The Morgan fingerprint density at radius 3 is 2.65 bits per heavy atom. The molecule has 0 spiro atoms. The molecule has 1 aromatic carbocycles. The smallest absolute Gasteiger partial charge is 0.410 e. The number of hydrogen-bond donors (Lipinski definition) is 2. The normalized spacial score (nSPS) is 17.8. The number of aliphatic hydroxyl groups excluding tert-OH is 1. The van der Waals surface area contributed by atoms with Gasteiger partial charge in [-0.25, -0.2) is 9.59 Å². The molecule has 7 nitrogen and oxygen atoms in total. The quantitative estimate of drug-likeness (QED) is 0.865. The van der Waals surface area contributed by atoms with Gasteiger partial charge >= 0.3 is 12.1 Å². The Kier molecular flexibility index (Phi) is 6.47. The van der Waals surface area contributed by atoms with Gasteiger partial charge in [0, 0.05) is 25.3 Å². The second-order valence-corrected chi connectivity index (χ2v) is 7.44. The Morgan fingerprint density at radius 2 is 2.04 bits per heavy atom. The van der Waals surface area contributed by atoms with Crippen LogP contribution in [0.25, 0.3) is 0 Å². The van der Waals surface area contributed by atoms with Crippen LogP contribution in [0.3, 0.4) is 0 Å². The first-order chi connectivity index (χ1) is 12.2. The molecule has 3 amide bonds. The van der Waals surface area contributed by atoms with E-state index in [0.29, 0.717) is 13.1 Å². The third-order valence-corrected chi connectivity index (χ3v) is 4.19. The highest BCUT2D eigenvalue weighted by molar-refractivity contribution is 5.89. The minimum atomic E-state index is -0.579. The van der Waals surface area contributed by atoms with E-state index in [1.54, 1.807) is 4.90 Å². The first kappa shape index (κ1) is 20.0. The van der Waals surface area contributed by atoms with Crippen molar-refractivity contribution >= 4 is 17.8 Å². The van der Waals surface area contributed by atoms with Crippen LogP contribution in [0.1, 0.15) is 33.3 Å². The average Bonchev–Trinajstić information content (AvgIpc) is 2.59. The van der Waals surface area contributed by atoms with Gasteiger partial charge in [-0.3, -0.25) is 0 Å². The molecule has 1 fully saturated rings. The Balaban J connectivity index is 2.00. The van der Waals surface area contributed by atoms with Crippen LogP contribution in [0.4, 0.5) is 15.3 Å². The van der Waals surface area contributed by atoms with Crippen LogP contribution in [0, 0.1) is 0 Å². The van der Waals surface area contributed by atoms with Crippen LogP contribution in [-0.4, -0.2) is 64.9 Å². The molecular formula is C19H29N3O4. The lowest BCUT2D eigenvalue weighted by molar-refractivity contribution is 0.00416. The number of piperazine rings is 1. The number of anilines is 1. The third-order valence-electron chi connectivity index (χ3n) is 4.19. The summed E-state index contributed by atoms with van der Waals surface area (Å²) in [6, 6.07) is 6.93. The molecular weight excluding hydrogens is 334 g/mol. The molecule has 0 bridgehead atoms. The zero-order chi connectivity index (χ0) is 19.3. The largest absolute Gasteiger partial charge is 0.444 e. The third kappa shape index (κ3) is 5.36. The summed E-state index contributed by atoms with van der Waals surface area (Å²) >= 11 is 0. The molecule has 0 aliphatic carbocycles. The van der Waals surface area contributed by atoms with Crippen molar-refractivity contribution in [1.82, 2.24) is 9.80 Å². The molecule has 1 aliphatic rings. The fourth-order valence-electron chi connectivity index (χ4n) is 2.84. The minimum Gasteiger partial charge on any atom is -0.444 e. The summed E-state index contributed by atoms with van der Waals surface area (Å²) in [4.78, 5) is 27.9. The molecule has 1 atom stereocenters. The van der Waals surface area contributed by atoms with E-state index in [9.17, 15) is 14.7 Å². The lowest BCUT2D eigenvalue weighted by Gasteiger charge is -2.40. The summed E-state index contributed by atoms with van der Waals surface area (Å²) in [6.07, 6.45) is 0.462. The molecule has 1 aromatic rings. The monoisotopic (exact) mass is 363 g/mol. The molecule has 1 saturated heterocycles. The highest BCUT2D eigenvalue weighted by Gasteiger charge is 2.34. The van der Waals surface area contributed by atoms with E-state index in [4.69, 9.17) is 4.74 Å². The molecule has 0 aromatic heterocycles. The van der Waals surface area contributed by atoms with Gasteiger partial charge in [0.25, 0.3) is 0 Å². The first-order valence-corrected chi connectivity index (χ1v) is 8.99. The Labute approximate surface area is 154 Å². The van der Waals surface area contributed by atoms with Crippen molar-refractivity contribution in [3.8, 4) is 0 Å². The lowest BCUT2D eigenvalue weighted by atomic mass is 10.1. The summed E-state index contributed by atoms with van der Waals surface area (Å²) in [5, 5.41) is 12.6. The maximum absolute atomic E-state index is 12.6. The highest BCUT2D eigenvalue weighted by Crippen LogP contribution is 2.17. The topological polar surface area (TPSA) is 82.1 Å². The van der Waals surface area contributed by atoms with E-state index in [-0.39, 0.29) is 19.2 Å². The standard InChI is InChI=1S/C19H29N3O4/c1-5-14-7-6-8-15(11-14)20-17(24)22-10-9-21(12-16(22)13-23)18(25)26-19(2,3)4/h6-8,11,16,23H,5,9-10,12-13H2,1-4H3,(H,20,24). The summed E-state index contributed by atoms with van der Waals surface area (Å²) in [6.45, 7) is 8.21. The molecule has 2 N–H and O–H groups in total. The van der Waals surface area contributed by atoms with Crippen LogP contribution in [-0.2, 0) is 11.2 Å². The van der Waals surface area contributed by atoms with Gasteiger partial charge in [0.05, 0.1) is 12.6 Å². The summed E-state index contributed by atoms with van der Waals surface area (Å²) in [7, 11) is 0. The second-order valence-electron chi connectivity index (χ2n) is 7.44. The van der Waals surface area contributed by atoms with Crippen molar-refractivity contribution in [2.75, 3.05) is 31.6 Å². The van der Waals surface area contributed by atoms with E-state index in [1.807, 2.05) is 45.0 Å². The molecule has 1 unspecified atom stereocenters. The molecule has 2 rings (SSSR count). The number of aryl methyl sites for hydroxylation is 1. The molecule has 26 heavy (non-hydrogen) atoms. The fourth-order valence-corrected chi connectivity index (χ4v) is 2.84. The zero-order valence-electron chi connectivity index (χ0n) is 16.0. The van der Waals surface area contributed by atoms with Gasteiger partial charge in [-0.15, -0.1) is 0 Å². The number of rotatable bonds is 3.